The molecule has 0 aliphatic heterocycles. The number of hydrogen-bond acceptors (Lipinski definition) is 2. The Morgan fingerprint density at radius 1 is 1.35 bits per heavy atom. The molecular formula is C13H22N2O2. The van der Waals surface area contributed by atoms with E-state index in [1.54, 1.807) is 7.05 Å². The largest absolute Gasteiger partial charge is 0.368 e. The van der Waals surface area contributed by atoms with Gasteiger partial charge in [0.05, 0.1) is 12.5 Å². The van der Waals surface area contributed by atoms with Crippen molar-refractivity contribution >= 4 is 11.8 Å². The van der Waals surface area contributed by atoms with Crippen molar-refractivity contribution in [3.05, 3.63) is 11.6 Å². The van der Waals surface area contributed by atoms with Crippen molar-refractivity contribution < 1.29 is 9.59 Å². The lowest BCUT2D eigenvalue weighted by molar-refractivity contribution is -0.135. The number of rotatable bonds is 4. The average Bonchev–Trinajstić information content (AvgIpc) is 2.64. The molecule has 0 bridgehead atoms. The lowest BCUT2D eigenvalue weighted by atomic mass is 10.1. The highest BCUT2D eigenvalue weighted by Gasteiger charge is 2.60. The van der Waals surface area contributed by atoms with Crippen LogP contribution in [0.1, 0.15) is 27.7 Å². The smallest absolute Gasteiger partial charge is 0.237 e. The van der Waals surface area contributed by atoms with Gasteiger partial charge in [0, 0.05) is 7.05 Å². The SMILES string of the molecule is CC(C)=C[C@H]1[C@@H](C(=O)N(C)CC(N)=O)C1(C)C. The average molecular weight is 238 g/mol. The predicted molar refractivity (Wildman–Crippen MR) is 67.0 cm³/mol. The molecule has 0 unspecified atom stereocenters. The van der Waals surface area contributed by atoms with Crippen LogP contribution in [0.4, 0.5) is 0 Å². The molecule has 17 heavy (non-hydrogen) atoms. The third kappa shape index (κ3) is 2.87. The van der Waals surface area contributed by atoms with E-state index in [1.165, 1.54) is 10.5 Å². The molecule has 4 heteroatoms. The van der Waals surface area contributed by atoms with Crippen LogP contribution >= 0.6 is 0 Å². The Bertz CT molecular complexity index is 368. The van der Waals surface area contributed by atoms with E-state index in [-0.39, 0.29) is 29.7 Å². The Kier molecular flexibility index (Phi) is 3.65. The van der Waals surface area contributed by atoms with E-state index in [2.05, 4.69) is 19.9 Å². The predicted octanol–water partition coefficient (Wildman–Crippen LogP) is 1.17. The highest BCUT2D eigenvalue weighted by atomic mass is 16.2. The minimum atomic E-state index is -0.474. The van der Waals surface area contributed by atoms with Crippen LogP contribution in [0.2, 0.25) is 0 Å². The highest BCUT2D eigenvalue weighted by Crippen LogP contribution is 2.59. The van der Waals surface area contributed by atoms with Crippen LogP contribution in [0.25, 0.3) is 0 Å². The van der Waals surface area contributed by atoms with Gasteiger partial charge in [-0.3, -0.25) is 9.59 Å². The zero-order chi connectivity index (χ0) is 13.4. The Morgan fingerprint density at radius 3 is 2.29 bits per heavy atom. The number of nitrogens with two attached hydrogens (primary N) is 1. The van der Waals surface area contributed by atoms with Crippen molar-refractivity contribution in [1.82, 2.24) is 4.90 Å². The van der Waals surface area contributed by atoms with Crippen LogP contribution < -0.4 is 5.73 Å². The standard InChI is InChI=1S/C13H22N2O2/c1-8(2)6-9-11(13(9,3)4)12(17)15(5)7-10(14)16/h6,9,11H,7H2,1-5H3,(H2,14,16)/t9-,11-/m0/s1. The van der Waals surface area contributed by atoms with Crippen LogP contribution in [0.5, 0.6) is 0 Å². The summed E-state index contributed by atoms with van der Waals surface area (Å²) >= 11 is 0. The second-order valence-corrected chi connectivity index (χ2v) is 5.73. The lowest BCUT2D eigenvalue weighted by Crippen LogP contribution is -2.37. The first-order valence-electron chi connectivity index (χ1n) is 5.86. The quantitative estimate of drug-likeness (QED) is 0.747. The summed E-state index contributed by atoms with van der Waals surface area (Å²) in [6.07, 6.45) is 2.14. The van der Waals surface area contributed by atoms with Gasteiger partial charge < -0.3 is 10.6 Å². The molecule has 1 aliphatic rings. The molecule has 1 fully saturated rings. The van der Waals surface area contributed by atoms with Crippen LogP contribution in [0, 0.1) is 17.3 Å². The van der Waals surface area contributed by atoms with Crippen molar-refractivity contribution in [2.75, 3.05) is 13.6 Å². The van der Waals surface area contributed by atoms with Gasteiger partial charge in [-0.15, -0.1) is 0 Å². The van der Waals surface area contributed by atoms with E-state index in [9.17, 15) is 9.59 Å². The van der Waals surface area contributed by atoms with Gasteiger partial charge in [-0.25, -0.2) is 0 Å². The summed E-state index contributed by atoms with van der Waals surface area (Å²) in [5.41, 5.74) is 6.29. The Balaban J connectivity index is 2.72. The molecule has 0 aromatic carbocycles. The fraction of sp³-hybridized carbons (Fsp3) is 0.692. The minimum absolute atomic E-state index is 0.00699. The summed E-state index contributed by atoms with van der Waals surface area (Å²) in [5, 5.41) is 0. The third-order valence-corrected chi connectivity index (χ3v) is 3.46. The molecule has 2 atom stereocenters. The summed E-state index contributed by atoms with van der Waals surface area (Å²) in [5.74, 6) is -0.216. The molecule has 2 amide bonds. The Hall–Kier alpha value is -1.32. The number of amides is 2. The van der Waals surface area contributed by atoms with Crippen LogP contribution in [-0.2, 0) is 9.59 Å². The molecule has 2 N–H and O–H groups in total. The molecule has 1 aliphatic carbocycles. The van der Waals surface area contributed by atoms with Crippen LogP contribution in [0.15, 0.2) is 11.6 Å². The summed E-state index contributed by atoms with van der Waals surface area (Å²) in [4.78, 5) is 24.4. The van der Waals surface area contributed by atoms with E-state index in [4.69, 9.17) is 5.73 Å². The summed E-state index contributed by atoms with van der Waals surface area (Å²) in [6, 6.07) is 0. The van der Waals surface area contributed by atoms with Crippen molar-refractivity contribution in [1.29, 1.82) is 0 Å². The lowest BCUT2D eigenvalue weighted by Gasteiger charge is -2.15. The second-order valence-electron chi connectivity index (χ2n) is 5.73. The normalized spacial score (nSPS) is 25.0. The van der Waals surface area contributed by atoms with Gasteiger partial charge in [0.1, 0.15) is 0 Å². The van der Waals surface area contributed by atoms with E-state index < -0.39 is 5.91 Å². The molecular weight excluding hydrogens is 216 g/mol. The zero-order valence-corrected chi connectivity index (χ0v) is 11.3. The molecule has 1 saturated carbocycles. The molecule has 0 heterocycles. The first kappa shape index (κ1) is 13.7. The Morgan fingerprint density at radius 2 is 1.88 bits per heavy atom. The van der Waals surface area contributed by atoms with Crippen LogP contribution in [0.3, 0.4) is 0 Å². The van der Waals surface area contributed by atoms with Gasteiger partial charge in [0.25, 0.3) is 0 Å². The first-order chi connectivity index (χ1) is 7.67. The van der Waals surface area contributed by atoms with E-state index >= 15 is 0 Å². The molecule has 4 nitrogen and oxygen atoms in total. The molecule has 1 rings (SSSR count). The minimum Gasteiger partial charge on any atom is -0.368 e. The number of carbonyl (C=O) groups is 2. The maximum Gasteiger partial charge on any atom is 0.237 e. The fourth-order valence-electron chi connectivity index (χ4n) is 2.37. The van der Waals surface area contributed by atoms with Crippen molar-refractivity contribution in [3.63, 3.8) is 0 Å². The van der Waals surface area contributed by atoms with Gasteiger partial charge in [0.15, 0.2) is 0 Å². The number of carbonyl (C=O) groups excluding carboxylic acids is 2. The monoisotopic (exact) mass is 238 g/mol. The number of likely N-dealkylation sites (N-methyl/N-ethyl adjacent to an activating group) is 1. The molecule has 0 spiro atoms. The zero-order valence-electron chi connectivity index (χ0n) is 11.3. The number of hydrogen-bond donors (Lipinski definition) is 1. The molecule has 0 saturated heterocycles. The van der Waals surface area contributed by atoms with Crippen molar-refractivity contribution in [2.24, 2.45) is 23.0 Å². The first-order valence-corrected chi connectivity index (χ1v) is 5.86. The Labute approximate surface area is 103 Å². The van der Waals surface area contributed by atoms with Gasteiger partial charge >= 0.3 is 0 Å². The topological polar surface area (TPSA) is 63.4 Å². The molecule has 0 radical (unpaired) electrons. The summed E-state index contributed by atoms with van der Waals surface area (Å²) in [7, 11) is 1.63. The molecule has 0 aromatic heterocycles. The summed E-state index contributed by atoms with van der Waals surface area (Å²) in [6.45, 7) is 8.22. The maximum absolute atomic E-state index is 12.1. The van der Waals surface area contributed by atoms with Gasteiger partial charge in [-0.2, -0.15) is 0 Å². The molecule has 96 valence electrons. The number of primary amides is 1. The second kappa shape index (κ2) is 4.51. The summed E-state index contributed by atoms with van der Waals surface area (Å²) < 4.78 is 0. The van der Waals surface area contributed by atoms with E-state index in [0.717, 1.165) is 0 Å². The van der Waals surface area contributed by atoms with Gasteiger partial charge in [-0.05, 0) is 25.2 Å². The van der Waals surface area contributed by atoms with E-state index in [0.29, 0.717) is 0 Å². The number of nitrogens with zero attached hydrogens (tertiary/aromatic N) is 1. The van der Waals surface area contributed by atoms with E-state index in [1.807, 2.05) is 13.8 Å². The van der Waals surface area contributed by atoms with Crippen molar-refractivity contribution in [3.8, 4) is 0 Å². The third-order valence-electron chi connectivity index (χ3n) is 3.46. The maximum atomic E-state index is 12.1. The fourth-order valence-corrected chi connectivity index (χ4v) is 2.37. The van der Waals surface area contributed by atoms with Gasteiger partial charge in [-0.1, -0.05) is 25.5 Å². The highest BCUT2D eigenvalue weighted by molar-refractivity contribution is 5.87. The van der Waals surface area contributed by atoms with Crippen molar-refractivity contribution in [2.45, 2.75) is 27.7 Å². The van der Waals surface area contributed by atoms with Crippen LogP contribution in [-0.4, -0.2) is 30.3 Å². The number of allylic oxidation sites excluding steroid dienone is 2. The molecule has 0 aromatic rings. The van der Waals surface area contributed by atoms with Gasteiger partial charge in [0.2, 0.25) is 11.8 Å².